The molecule has 0 unspecified atom stereocenters. The topological polar surface area (TPSA) is 108 Å². The molecule has 4 rings (SSSR count). The molecular formula is C24H26N4O3S. The van der Waals surface area contributed by atoms with Crippen molar-refractivity contribution in [3.8, 4) is 0 Å². The van der Waals surface area contributed by atoms with Gasteiger partial charge in [-0.05, 0) is 42.5 Å². The lowest BCUT2D eigenvalue weighted by atomic mass is 10.0. The summed E-state index contributed by atoms with van der Waals surface area (Å²) in [5, 5.41) is 19.6. The molecule has 1 aromatic carbocycles. The molecule has 1 amide bonds. The second-order valence-corrected chi connectivity index (χ2v) is 8.87. The second kappa shape index (κ2) is 10.5. The number of benzene rings is 1. The molecule has 32 heavy (non-hydrogen) atoms. The smallest absolute Gasteiger partial charge is 0.229 e. The van der Waals surface area contributed by atoms with Crippen molar-refractivity contribution in [2.45, 2.75) is 38.1 Å². The summed E-state index contributed by atoms with van der Waals surface area (Å²) in [7, 11) is 0. The second-order valence-electron chi connectivity index (χ2n) is 7.76. The number of nitrogens with zero attached hydrogens (tertiary/aromatic N) is 1. The van der Waals surface area contributed by atoms with Gasteiger partial charge in [0.15, 0.2) is 11.8 Å². The number of fused-ring (bicyclic) bond motifs is 1. The summed E-state index contributed by atoms with van der Waals surface area (Å²) >= 11 is 1.52. The Hall–Kier alpha value is -3.10. The van der Waals surface area contributed by atoms with Gasteiger partial charge in [0.2, 0.25) is 5.91 Å². The third-order valence-electron chi connectivity index (χ3n) is 5.26. The quantitative estimate of drug-likeness (QED) is 0.448. The van der Waals surface area contributed by atoms with Gasteiger partial charge in [0, 0.05) is 19.3 Å². The van der Waals surface area contributed by atoms with Crippen molar-refractivity contribution in [2.24, 2.45) is 0 Å². The lowest BCUT2D eigenvalue weighted by Gasteiger charge is -2.23. The zero-order valence-corrected chi connectivity index (χ0v) is 18.5. The number of amides is 1. The fourth-order valence-electron chi connectivity index (χ4n) is 3.66. The minimum atomic E-state index is -0.264. The van der Waals surface area contributed by atoms with Crippen LogP contribution < -0.4 is 5.32 Å². The molecule has 2 heterocycles. The molecule has 1 fully saturated rings. The van der Waals surface area contributed by atoms with Crippen LogP contribution in [-0.4, -0.2) is 41.9 Å². The molecule has 0 radical (unpaired) electrons. The Morgan fingerprint density at radius 3 is 2.88 bits per heavy atom. The molecule has 1 aliphatic carbocycles. The van der Waals surface area contributed by atoms with Crippen LogP contribution in [0.3, 0.4) is 0 Å². The summed E-state index contributed by atoms with van der Waals surface area (Å²) in [4.78, 5) is 16.7. The number of rotatable bonds is 6. The minimum absolute atomic E-state index is 0.0805. The first kappa shape index (κ1) is 22.1. The first-order chi connectivity index (χ1) is 15.6. The predicted molar refractivity (Wildman–Crippen MR) is 127 cm³/mol. The molecule has 3 N–H and O–H groups in total. The van der Waals surface area contributed by atoms with Crippen LogP contribution in [0.2, 0.25) is 0 Å². The summed E-state index contributed by atoms with van der Waals surface area (Å²) in [6.07, 6.45) is 12.8. The zero-order chi connectivity index (χ0) is 22.3. The van der Waals surface area contributed by atoms with E-state index in [-0.39, 0.29) is 36.6 Å². The van der Waals surface area contributed by atoms with Gasteiger partial charge in [0.1, 0.15) is 11.4 Å². The molecule has 1 aliphatic heterocycles. The van der Waals surface area contributed by atoms with Gasteiger partial charge < -0.3 is 14.8 Å². The Bertz CT molecular complexity index is 1110. The Balaban J connectivity index is 1.31. The van der Waals surface area contributed by atoms with Crippen LogP contribution in [0.15, 0.2) is 48.6 Å². The van der Waals surface area contributed by atoms with Crippen LogP contribution >= 0.6 is 11.3 Å². The highest BCUT2D eigenvalue weighted by atomic mass is 32.1. The fraction of sp³-hybridized carbons (Fsp3) is 0.333. The van der Waals surface area contributed by atoms with Gasteiger partial charge in [-0.3, -0.25) is 15.6 Å². The number of hydrogen-bond donors (Lipinski definition) is 3. The summed E-state index contributed by atoms with van der Waals surface area (Å²) in [5.41, 5.74) is 3.29. The molecular weight excluding hydrogens is 424 g/mol. The van der Waals surface area contributed by atoms with E-state index < -0.39 is 0 Å². The van der Waals surface area contributed by atoms with Crippen molar-refractivity contribution in [1.82, 2.24) is 10.3 Å². The maximum Gasteiger partial charge on any atom is 0.229 e. The maximum absolute atomic E-state index is 12.1. The molecule has 166 valence electrons. The maximum atomic E-state index is 12.1. The SMILES string of the molecule is N=C(CC(=O)NC1CCOCC1)OC(=N)Cc1nc2ccc(C3=CC=CC=CC3)cc2s1. The first-order valence-electron chi connectivity index (χ1n) is 10.7. The third-order valence-corrected chi connectivity index (χ3v) is 6.28. The molecule has 1 saturated heterocycles. The van der Waals surface area contributed by atoms with E-state index in [1.807, 2.05) is 24.3 Å². The molecule has 0 saturated carbocycles. The fourth-order valence-corrected chi connectivity index (χ4v) is 4.67. The van der Waals surface area contributed by atoms with Crippen molar-refractivity contribution in [2.75, 3.05) is 13.2 Å². The molecule has 7 nitrogen and oxygen atoms in total. The van der Waals surface area contributed by atoms with Crippen LogP contribution in [0.5, 0.6) is 0 Å². The number of nitrogens with one attached hydrogen (secondary N) is 3. The highest BCUT2D eigenvalue weighted by Gasteiger charge is 2.18. The normalized spacial score (nSPS) is 16.4. The standard InChI is InChI=1S/C24H26N4O3S/c25-21(14-23(29)27-18-9-11-30-12-10-18)31-22(26)15-24-28-19-8-7-17(13-20(19)32-24)16-5-3-1-2-4-6-16/h1-5,7-8,13,18,25-26H,6,9-12,14-15H2,(H,27,29). The number of carbonyl (C=O) groups is 1. The van der Waals surface area contributed by atoms with Crippen molar-refractivity contribution in [1.29, 1.82) is 10.8 Å². The Morgan fingerprint density at radius 1 is 1.19 bits per heavy atom. The van der Waals surface area contributed by atoms with Gasteiger partial charge in [0.25, 0.3) is 0 Å². The largest absolute Gasteiger partial charge is 0.429 e. The average molecular weight is 451 g/mol. The van der Waals surface area contributed by atoms with Gasteiger partial charge in [-0.2, -0.15) is 0 Å². The molecule has 0 bridgehead atoms. The van der Waals surface area contributed by atoms with E-state index in [1.165, 1.54) is 16.9 Å². The molecule has 8 heteroatoms. The Kier molecular flexibility index (Phi) is 7.24. The number of allylic oxidation sites excluding steroid dienone is 6. The molecule has 0 atom stereocenters. The van der Waals surface area contributed by atoms with Crippen molar-refractivity contribution < 1.29 is 14.3 Å². The number of ether oxygens (including phenoxy) is 2. The predicted octanol–water partition coefficient (Wildman–Crippen LogP) is 4.39. The lowest BCUT2D eigenvalue weighted by Crippen LogP contribution is -2.39. The van der Waals surface area contributed by atoms with Crippen molar-refractivity contribution >= 4 is 44.8 Å². The Morgan fingerprint density at radius 2 is 2.03 bits per heavy atom. The number of hydrogen-bond acceptors (Lipinski definition) is 7. The van der Waals surface area contributed by atoms with Gasteiger partial charge in [-0.15, -0.1) is 11.3 Å². The summed E-state index contributed by atoms with van der Waals surface area (Å²) < 4.78 is 11.6. The van der Waals surface area contributed by atoms with E-state index in [4.69, 9.17) is 20.3 Å². The van der Waals surface area contributed by atoms with E-state index in [2.05, 4.69) is 34.6 Å². The van der Waals surface area contributed by atoms with E-state index in [0.717, 1.165) is 40.1 Å². The highest BCUT2D eigenvalue weighted by molar-refractivity contribution is 7.18. The van der Waals surface area contributed by atoms with Crippen LogP contribution in [0, 0.1) is 10.8 Å². The highest BCUT2D eigenvalue weighted by Crippen LogP contribution is 2.28. The van der Waals surface area contributed by atoms with Crippen LogP contribution in [0.1, 0.15) is 36.3 Å². The Labute approximate surface area is 190 Å². The number of thiazole rings is 1. The summed E-state index contributed by atoms with van der Waals surface area (Å²) in [5.74, 6) is -0.584. The monoisotopic (exact) mass is 450 g/mol. The summed E-state index contributed by atoms with van der Waals surface area (Å²) in [6.45, 7) is 1.28. The molecule has 2 aromatic rings. The van der Waals surface area contributed by atoms with Crippen LogP contribution in [0.4, 0.5) is 0 Å². The third kappa shape index (κ3) is 5.99. The average Bonchev–Trinajstić information content (AvgIpc) is 2.96. The molecule has 2 aliphatic rings. The molecule has 1 aromatic heterocycles. The van der Waals surface area contributed by atoms with Gasteiger partial charge in [-0.1, -0.05) is 36.4 Å². The molecule has 0 spiro atoms. The van der Waals surface area contributed by atoms with Crippen LogP contribution in [-0.2, 0) is 20.7 Å². The number of carbonyl (C=O) groups excluding carboxylic acids is 1. The zero-order valence-electron chi connectivity index (χ0n) is 17.7. The minimum Gasteiger partial charge on any atom is -0.429 e. The van der Waals surface area contributed by atoms with Crippen molar-refractivity contribution in [3.63, 3.8) is 0 Å². The van der Waals surface area contributed by atoms with Gasteiger partial charge in [-0.25, -0.2) is 4.98 Å². The number of aromatic nitrogens is 1. The van der Waals surface area contributed by atoms with E-state index >= 15 is 0 Å². The lowest BCUT2D eigenvalue weighted by molar-refractivity contribution is -0.121. The van der Waals surface area contributed by atoms with E-state index in [0.29, 0.717) is 13.2 Å². The van der Waals surface area contributed by atoms with E-state index in [9.17, 15) is 4.79 Å². The van der Waals surface area contributed by atoms with Gasteiger partial charge in [0.05, 0.1) is 16.6 Å². The van der Waals surface area contributed by atoms with Crippen molar-refractivity contribution in [3.05, 3.63) is 59.2 Å². The van der Waals surface area contributed by atoms with Crippen LogP contribution in [0.25, 0.3) is 15.8 Å². The summed E-state index contributed by atoms with van der Waals surface area (Å²) in [6, 6.07) is 6.27. The van der Waals surface area contributed by atoms with E-state index in [1.54, 1.807) is 0 Å². The first-order valence-corrected chi connectivity index (χ1v) is 11.5. The van der Waals surface area contributed by atoms with Gasteiger partial charge >= 0.3 is 0 Å².